The molecule has 0 radical (unpaired) electrons. The summed E-state index contributed by atoms with van der Waals surface area (Å²) in [6.07, 6.45) is 3.57. The second kappa shape index (κ2) is 9.01. The lowest BCUT2D eigenvalue weighted by Crippen LogP contribution is -2.30. The van der Waals surface area contributed by atoms with Crippen LogP contribution >= 0.6 is 0 Å². The molecule has 0 atom stereocenters. The number of benzene rings is 3. The third-order valence-corrected chi connectivity index (χ3v) is 5.66. The highest BCUT2D eigenvalue weighted by Gasteiger charge is 2.22. The van der Waals surface area contributed by atoms with Crippen molar-refractivity contribution >= 4 is 28.3 Å². The fraction of sp³-hybridized carbons (Fsp3) is 0.0714. The lowest BCUT2D eigenvalue weighted by atomic mass is 10.0. The van der Waals surface area contributed by atoms with E-state index in [9.17, 15) is 4.79 Å². The minimum absolute atomic E-state index is 0.179. The fourth-order valence-corrected chi connectivity index (χ4v) is 3.84. The number of furan rings is 1. The van der Waals surface area contributed by atoms with Crippen molar-refractivity contribution in [2.45, 2.75) is 6.54 Å². The van der Waals surface area contributed by atoms with Crippen LogP contribution in [-0.4, -0.2) is 17.9 Å². The summed E-state index contributed by atoms with van der Waals surface area (Å²) in [5.41, 5.74) is 5.72. The van der Waals surface area contributed by atoms with Gasteiger partial charge in [-0.05, 0) is 65.2 Å². The van der Waals surface area contributed by atoms with Gasteiger partial charge in [-0.1, -0.05) is 42.5 Å². The number of carbonyl (C=O) groups is 1. The molecule has 5 nitrogen and oxygen atoms in total. The van der Waals surface area contributed by atoms with Crippen molar-refractivity contribution < 1.29 is 9.21 Å². The van der Waals surface area contributed by atoms with Gasteiger partial charge in [0.25, 0.3) is 5.91 Å². The van der Waals surface area contributed by atoms with Gasteiger partial charge >= 0.3 is 0 Å². The van der Waals surface area contributed by atoms with E-state index in [4.69, 9.17) is 4.42 Å². The number of hydrogen-bond acceptors (Lipinski definition) is 4. The number of rotatable bonds is 6. The van der Waals surface area contributed by atoms with Gasteiger partial charge in [0.15, 0.2) is 5.76 Å². The average molecular weight is 434 g/mol. The first-order valence-corrected chi connectivity index (χ1v) is 10.8. The lowest BCUT2D eigenvalue weighted by molar-refractivity contribution is 0.0960. The molecular weight excluding hydrogens is 410 g/mol. The molecule has 0 bridgehead atoms. The van der Waals surface area contributed by atoms with Crippen LogP contribution in [0.2, 0.25) is 0 Å². The Morgan fingerprint density at radius 2 is 1.58 bits per heavy atom. The smallest absolute Gasteiger partial charge is 0.294 e. The number of aromatic nitrogens is 1. The molecule has 0 unspecified atom stereocenters. The Balaban J connectivity index is 1.47. The standard InChI is InChI=1S/C28H23N3O2/c1-29-24-10-12-25(13-11-24)31(28(32)27-18-23-4-2-3-5-26(23)33-27)19-20-6-8-21(9-7-20)22-14-16-30-17-15-22/h2-18,29H,19H2,1H3. The highest BCUT2D eigenvalue weighted by atomic mass is 16.3. The lowest BCUT2D eigenvalue weighted by Gasteiger charge is -2.22. The van der Waals surface area contributed by atoms with Crippen molar-refractivity contribution in [2.24, 2.45) is 0 Å². The Bertz CT molecular complexity index is 1340. The topological polar surface area (TPSA) is 58.4 Å². The molecule has 3 aromatic carbocycles. The van der Waals surface area contributed by atoms with E-state index in [1.807, 2.05) is 67.7 Å². The minimum atomic E-state index is -0.179. The van der Waals surface area contributed by atoms with Gasteiger partial charge in [-0.2, -0.15) is 0 Å². The molecule has 1 amide bonds. The minimum Gasteiger partial charge on any atom is -0.451 e. The van der Waals surface area contributed by atoms with Crippen molar-refractivity contribution in [1.29, 1.82) is 0 Å². The fourth-order valence-electron chi connectivity index (χ4n) is 3.84. The highest BCUT2D eigenvalue weighted by Crippen LogP contribution is 2.26. The van der Waals surface area contributed by atoms with E-state index in [1.165, 1.54) is 0 Å². The van der Waals surface area contributed by atoms with Gasteiger partial charge in [-0.3, -0.25) is 9.78 Å². The second-order valence-corrected chi connectivity index (χ2v) is 7.77. The van der Waals surface area contributed by atoms with E-state index in [0.717, 1.165) is 33.5 Å². The zero-order valence-corrected chi connectivity index (χ0v) is 18.2. The number of nitrogens with one attached hydrogen (secondary N) is 1. The number of nitrogens with zero attached hydrogens (tertiary/aromatic N) is 2. The largest absolute Gasteiger partial charge is 0.451 e. The Morgan fingerprint density at radius 3 is 2.27 bits per heavy atom. The molecular formula is C28H23N3O2. The summed E-state index contributed by atoms with van der Waals surface area (Å²) in [6, 6.07) is 29.5. The van der Waals surface area contributed by atoms with E-state index in [0.29, 0.717) is 17.9 Å². The summed E-state index contributed by atoms with van der Waals surface area (Å²) in [5, 5.41) is 4.03. The van der Waals surface area contributed by atoms with Crippen molar-refractivity contribution in [1.82, 2.24) is 4.98 Å². The van der Waals surface area contributed by atoms with Gasteiger partial charge in [0.05, 0.1) is 6.54 Å². The van der Waals surface area contributed by atoms with Gasteiger partial charge in [-0.25, -0.2) is 0 Å². The van der Waals surface area contributed by atoms with Gasteiger partial charge in [0.1, 0.15) is 5.58 Å². The van der Waals surface area contributed by atoms with Crippen LogP contribution < -0.4 is 10.2 Å². The summed E-state index contributed by atoms with van der Waals surface area (Å²) in [6.45, 7) is 0.422. The van der Waals surface area contributed by atoms with E-state index < -0.39 is 0 Å². The van der Waals surface area contributed by atoms with Crippen LogP contribution in [0.1, 0.15) is 16.1 Å². The van der Waals surface area contributed by atoms with Gasteiger partial charge < -0.3 is 14.6 Å². The second-order valence-electron chi connectivity index (χ2n) is 7.77. The molecule has 5 aromatic rings. The Labute approximate surface area is 192 Å². The molecule has 0 saturated heterocycles. The van der Waals surface area contributed by atoms with Crippen molar-refractivity contribution in [2.75, 3.05) is 17.3 Å². The van der Waals surface area contributed by atoms with Crippen molar-refractivity contribution in [3.8, 4) is 11.1 Å². The Hall–Kier alpha value is -4.38. The summed E-state index contributed by atoms with van der Waals surface area (Å²) in [5.74, 6) is 0.143. The van der Waals surface area contributed by atoms with Crippen LogP contribution in [0.25, 0.3) is 22.1 Å². The van der Waals surface area contributed by atoms with Gasteiger partial charge in [-0.15, -0.1) is 0 Å². The average Bonchev–Trinajstić information content (AvgIpc) is 3.32. The molecule has 2 aromatic heterocycles. The molecule has 0 aliphatic rings. The molecule has 33 heavy (non-hydrogen) atoms. The van der Waals surface area contributed by atoms with Crippen LogP contribution in [0.15, 0.2) is 108 Å². The zero-order valence-electron chi connectivity index (χ0n) is 18.2. The van der Waals surface area contributed by atoms with Crippen LogP contribution in [0.4, 0.5) is 11.4 Å². The van der Waals surface area contributed by atoms with Crippen LogP contribution in [0.5, 0.6) is 0 Å². The molecule has 1 N–H and O–H groups in total. The third kappa shape index (κ3) is 4.34. The maximum absolute atomic E-state index is 13.6. The first kappa shape index (κ1) is 20.5. The van der Waals surface area contributed by atoms with E-state index in [-0.39, 0.29) is 5.91 Å². The summed E-state index contributed by atoms with van der Waals surface area (Å²) < 4.78 is 5.88. The van der Waals surface area contributed by atoms with Crippen LogP contribution in [0, 0.1) is 0 Å². The number of fused-ring (bicyclic) bond motifs is 1. The maximum atomic E-state index is 13.6. The molecule has 5 rings (SSSR count). The zero-order chi connectivity index (χ0) is 22.6. The Kier molecular flexibility index (Phi) is 5.60. The summed E-state index contributed by atoms with van der Waals surface area (Å²) in [4.78, 5) is 19.4. The summed E-state index contributed by atoms with van der Waals surface area (Å²) in [7, 11) is 1.87. The monoisotopic (exact) mass is 433 g/mol. The first-order chi connectivity index (χ1) is 16.2. The molecule has 0 aliphatic heterocycles. The number of hydrogen-bond donors (Lipinski definition) is 1. The van der Waals surface area contributed by atoms with Crippen LogP contribution in [0.3, 0.4) is 0 Å². The Morgan fingerprint density at radius 1 is 0.879 bits per heavy atom. The van der Waals surface area contributed by atoms with E-state index in [2.05, 4.69) is 34.6 Å². The molecule has 0 spiro atoms. The molecule has 5 heteroatoms. The number of anilines is 2. The van der Waals surface area contributed by atoms with Crippen LogP contribution in [-0.2, 0) is 6.54 Å². The number of carbonyl (C=O) groups excluding carboxylic acids is 1. The number of amides is 1. The molecule has 0 aliphatic carbocycles. The molecule has 162 valence electrons. The number of pyridine rings is 1. The molecule has 2 heterocycles. The number of para-hydroxylation sites is 1. The first-order valence-electron chi connectivity index (χ1n) is 10.8. The predicted octanol–water partition coefficient (Wildman–Crippen LogP) is 6.38. The van der Waals surface area contributed by atoms with Gasteiger partial charge in [0.2, 0.25) is 0 Å². The third-order valence-electron chi connectivity index (χ3n) is 5.66. The highest BCUT2D eigenvalue weighted by molar-refractivity contribution is 6.06. The quantitative estimate of drug-likeness (QED) is 0.337. The van der Waals surface area contributed by atoms with E-state index in [1.54, 1.807) is 23.4 Å². The van der Waals surface area contributed by atoms with E-state index >= 15 is 0 Å². The summed E-state index contributed by atoms with van der Waals surface area (Å²) >= 11 is 0. The van der Waals surface area contributed by atoms with Gasteiger partial charge in [0, 0.05) is 36.2 Å². The predicted molar refractivity (Wildman–Crippen MR) is 132 cm³/mol. The van der Waals surface area contributed by atoms with Crippen molar-refractivity contribution in [3.05, 3.63) is 115 Å². The normalized spacial score (nSPS) is 10.8. The molecule has 0 fully saturated rings. The van der Waals surface area contributed by atoms with Crippen molar-refractivity contribution in [3.63, 3.8) is 0 Å². The SMILES string of the molecule is CNc1ccc(N(Cc2ccc(-c3ccncc3)cc2)C(=O)c2cc3ccccc3o2)cc1. The maximum Gasteiger partial charge on any atom is 0.294 e. The molecule has 0 saturated carbocycles.